The molecule has 5 nitrogen and oxygen atoms in total. The molecule has 0 aliphatic carbocycles. The summed E-state index contributed by atoms with van der Waals surface area (Å²) in [5, 5.41) is 2.58. The van der Waals surface area contributed by atoms with E-state index in [9.17, 15) is 9.59 Å². The van der Waals surface area contributed by atoms with Gasteiger partial charge in [0.2, 0.25) is 5.91 Å². The molecule has 1 heterocycles. The second-order valence-electron chi connectivity index (χ2n) is 5.52. The Morgan fingerprint density at radius 3 is 2.86 bits per heavy atom. The van der Waals surface area contributed by atoms with Gasteiger partial charge in [-0.1, -0.05) is 6.07 Å². The molecule has 0 bridgehead atoms. The number of hydrogen-bond acceptors (Lipinski definition) is 3. The minimum atomic E-state index is 0.00926. The van der Waals surface area contributed by atoms with Crippen molar-refractivity contribution >= 4 is 17.5 Å². The lowest BCUT2D eigenvalue weighted by Crippen LogP contribution is -2.29. The van der Waals surface area contributed by atoms with Gasteiger partial charge in [-0.3, -0.25) is 9.59 Å². The molecule has 114 valence electrons. The molecule has 5 heteroatoms. The summed E-state index contributed by atoms with van der Waals surface area (Å²) >= 11 is 0. The number of amides is 2. The third kappa shape index (κ3) is 3.54. The minimum Gasteiger partial charge on any atom is -0.374 e. The molecule has 1 aromatic rings. The number of carbonyl (C=O) groups excluding carboxylic acids is 2. The average Bonchev–Trinajstić information content (AvgIpc) is 2.87. The van der Waals surface area contributed by atoms with Crippen molar-refractivity contribution < 1.29 is 9.59 Å². The highest BCUT2D eigenvalue weighted by molar-refractivity contribution is 5.95. The van der Waals surface area contributed by atoms with Gasteiger partial charge in [0.05, 0.1) is 0 Å². The van der Waals surface area contributed by atoms with E-state index < -0.39 is 0 Å². The van der Waals surface area contributed by atoms with Crippen molar-refractivity contribution in [3.05, 3.63) is 29.3 Å². The Hall–Kier alpha value is -2.04. The highest BCUT2D eigenvalue weighted by Gasteiger charge is 2.19. The Kier molecular flexibility index (Phi) is 4.83. The summed E-state index contributed by atoms with van der Waals surface area (Å²) in [5.74, 6) is 0.0185. The zero-order valence-corrected chi connectivity index (χ0v) is 13.0. The molecule has 0 unspecified atom stereocenters. The van der Waals surface area contributed by atoms with Gasteiger partial charge < -0.3 is 15.1 Å². The van der Waals surface area contributed by atoms with Crippen LogP contribution in [-0.4, -0.2) is 50.9 Å². The van der Waals surface area contributed by atoms with E-state index in [-0.39, 0.29) is 11.8 Å². The molecule has 21 heavy (non-hydrogen) atoms. The van der Waals surface area contributed by atoms with Gasteiger partial charge in [0.25, 0.3) is 5.91 Å². The van der Waals surface area contributed by atoms with Crippen molar-refractivity contribution in [2.45, 2.75) is 19.3 Å². The van der Waals surface area contributed by atoms with E-state index in [2.05, 4.69) is 10.2 Å². The summed E-state index contributed by atoms with van der Waals surface area (Å²) in [5.41, 5.74) is 3.17. The van der Waals surface area contributed by atoms with Crippen LogP contribution in [0.5, 0.6) is 0 Å². The van der Waals surface area contributed by atoms with Crippen LogP contribution in [0.25, 0.3) is 0 Å². The smallest absolute Gasteiger partial charge is 0.253 e. The Morgan fingerprint density at radius 1 is 1.38 bits per heavy atom. The number of hydrogen-bond donors (Lipinski definition) is 1. The van der Waals surface area contributed by atoms with E-state index in [0.717, 1.165) is 18.7 Å². The topological polar surface area (TPSA) is 52.7 Å². The Bertz CT molecular complexity index is 542. The number of nitrogens with zero attached hydrogens (tertiary/aromatic N) is 2. The minimum absolute atomic E-state index is 0.00926. The summed E-state index contributed by atoms with van der Waals surface area (Å²) in [6, 6.07) is 5.92. The van der Waals surface area contributed by atoms with Crippen LogP contribution in [0.4, 0.5) is 5.69 Å². The molecule has 0 spiro atoms. The number of nitrogens with one attached hydrogen (secondary N) is 1. The van der Waals surface area contributed by atoms with Gasteiger partial charge in [0, 0.05) is 51.9 Å². The molecule has 0 saturated carbocycles. The summed E-state index contributed by atoms with van der Waals surface area (Å²) in [4.78, 5) is 27.4. The second-order valence-corrected chi connectivity index (χ2v) is 5.52. The van der Waals surface area contributed by atoms with Gasteiger partial charge in [0.15, 0.2) is 0 Å². The van der Waals surface area contributed by atoms with Gasteiger partial charge >= 0.3 is 0 Å². The number of anilines is 1. The lowest BCUT2D eigenvalue weighted by Gasteiger charge is -2.18. The maximum Gasteiger partial charge on any atom is 0.253 e. The fourth-order valence-electron chi connectivity index (χ4n) is 2.60. The molecule has 2 rings (SSSR count). The van der Waals surface area contributed by atoms with Gasteiger partial charge in [-0.05, 0) is 30.5 Å². The van der Waals surface area contributed by atoms with Crippen LogP contribution >= 0.6 is 0 Å². The third-order valence-corrected chi connectivity index (χ3v) is 3.98. The molecule has 1 aliphatic heterocycles. The maximum absolute atomic E-state index is 12.4. The molecule has 1 aromatic carbocycles. The van der Waals surface area contributed by atoms with Gasteiger partial charge in [0.1, 0.15) is 0 Å². The maximum atomic E-state index is 12.4. The van der Waals surface area contributed by atoms with Crippen LogP contribution in [0.1, 0.15) is 28.8 Å². The van der Waals surface area contributed by atoms with Crippen molar-refractivity contribution in [3.8, 4) is 0 Å². The zero-order chi connectivity index (χ0) is 15.4. The number of rotatable bonds is 5. The highest BCUT2D eigenvalue weighted by Crippen LogP contribution is 2.27. The first-order valence-corrected chi connectivity index (χ1v) is 7.33. The predicted molar refractivity (Wildman–Crippen MR) is 83.7 cm³/mol. The summed E-state index contributed by atoms with van der Waals surface area (Å²) in [7, 11) is 5.45. The number of benzene rings is 1. The first-order chi connectivity index (χ1) is 10.0. The fraction of sp³-hybridized carbons (Fsp3) is 0.500. The van der Waals surface area contributed by atoms with Crippen molar-refractivity contribution in [3.63, 3.8) is 0 Å². The van der Waals surface area contributed by atoms with Gasteiger partial charge in [-0.15, -0.1) is 0 Å². The van der Waals surface area contributed by atoms with Crippen LogP contribution in [0, 0.1) is 0 Å². The molecule has 0 radical (unpaired) electrons. The van der Waals surface area contributed by atoms with Crippen molar-refractivity contribution in [2.24, 2.45) is 0 Å². The second kappa shape index (κ2) is 6.61. The quantitative estimate of drug-likeness (QED) is 0.888. The van der Waals surface area contributed by atoms with Gasteiger partial charge in [-0.25, -0.2) is 0 Å². The number of likely N-dealkylation sites (N-methyl/N-ethyl adjacent to an activating group) is 1. The molecule has 1 N–H and O–H groups in total. The highest BCUT2D eigenvalue weighted by atomic mass is 16.2. The van der Waals surface area contributed by atoms with E-state index in [1.807, 2.05) is 25.2 Å². The molecule has 2 amide bonds. The Morgan fingerprint density at radius 2 is 2.14 bits per heavy atom. The molecular formula is C16H23N3O2. The lowest BCUT2D eigenvalue weighted by atomic mass is 10.1. The largest absolute Gasteiger partial charge is 0.374 e. The van der Waals surface area contributed by atoms with Crippen LogP contribution in [0.15, 0.2) is 18.2 Å². The lowest BCUT2D eigenvalue weighted by molar-refractivity contribution is -0.120. The third-order valence-electron chi connectivity index (χ3n) is 3.98. The van der Waals surface area contributed by atoms with Gasteiger partial charge in [-0.2, -0.15) is 0 Å². The standard InChI is InChI=1S/C16H23N3O2/c1-17-15(20)5-4-9-19(3)16(21)13-7-6-12-8-10-18(2)14(12)11-13/h6-7,11H,4-5,8-10H2,1-3H3,(H,17,20). The summed E-state index contributed by atoms with van der Waals surface area (Å²) < 4.78 is 0. The molecular weight excluding hydrogens is 266 g/mol. The Balaban J connectivity index is 1.96. The molecule has 0 fully saturated rings. The fourth-order valence-corrected chi connectivity index (χ4v) is 2.60. The van der Waals surface area contributed by atoms with Crippen LogP contribution in [0.3, 0.4) is 0 Å². The van der Waals surface area contributed by atoms with E-state index in [4.69, 9.17) is 0 Å². The van der Waals surface area contributed by atoms with E-state index in [1.54, 1.807) is 19.0 Å². The van der Waals surface area contributed by atoms with Crippen LogP contribution < -0.4 is 10.2 Å². The normalized spacial score (nSPS) is 13.0. The molecule has 0 saturated heterocycles. The van der Waals surface area contributed by atoms with Crippen LogP contribution in [0.2, 0.25) is 0 Å². The number of fused-ring (bicyclic) bond motifs is 1. The SMILES string of the molecule is CNC(=O)CCCN(C)C(=O)c1ccc2c(c1)N(C)CC2. The molecule has 0 aromatic heterocycles. The summed E-state index contributed by atoms with van der Waals surface area (Å²) in [6.45, 7) is 1.59. The van der Waals surface area contributed by atoms with E-state index >= 15 is 0 Å². The monoisotopic (exact) mass is 289 g/mol. The first kappa shape index (κ1) is 15.4. The average molecular weight is 289 g/mol. The summed E-state index contributed by atoms with van der Waals surface area (Å²) in [6.07, 6.45) is 2.16. The van der Waals surface area contributed by atoms with Crippen LogP contribution in [-0.2, 0) is 11.2 Å². The predicted octanol–water partition coefficient (Wildman–Crippen LogP) is 1.28. The van der Waals surface area contributed by atoms with Crippen molar-refractivity contribution in [1.29, 1.82) is 0 Å². The molecule has 1 aliphatic rings. The molecule has 0 atom stereocenters. The zero-order valence-electron chi connectivity index (χ0n) is 13.0. The Labute approximate surface area is 125 Å². The van der Waals surface area contributed by atoms with Crippen molar-refractivity contribution in [2.75, 3.05) is 39.1 Å². The van der Waals surface area contributed by atoms with E-state index in [0.29, 0.717) is 24.9 Å². The van der Waals surface area contributed by atoms with E-state index in [1.165, 1.54) is 5.56 Å². The number of carbonyl (C=O) groups is 2. The first-order valence-electron chi connectivity index (χ1n) is 7.33. The van der Waals surface area contributed by atoms with Crippen molar-refractivity contribution in [1.82, 2.24) is 10.2 Å².